The maximum absolute atomic E-state index is 11.9. The Morgan fingerprint density at radius 3 is 2.68 bits per heavy atom. The van der Waals surface area contributed by atoms with Crippen molar-refractivity contribution in [3.05, 3.63) is 78.0 Å². The molecule has 142 valence electrons. The number of nitrogens with zero attached hydrogens (tertiary/aromatic N) is 1. The van der Waals surface area contributed by atoms with Crippen molar-refractivity contribution in [2.45, 2.75) is 6.54 Å². The van der Waals surface area contributed by atoms with Gasteiger partial charge in [0.1, 0.15) is 5.75 Å². The van der Waals surface area contributed by atoms with Gasteiger partial charge in [-0.05, 0) is 24.3 Å². The minimum Gasteiger partial charge on any atom is -0.496 e. The summed E-state index contributed by atoms with van der Waals surface area (Å²) in [7, 11) is 1.57. The van der Waals surface area contributed by atoms with Crippen molar-refractivity contribution in [1.82, 2.24) is 10.3 Å². The average Bonchev–Trinajstić information content (AvgIpc) is 2.74. The molecular formula is C22H20N2O4. The van der Waals surface area contributed by atoms with Gasteiger partial charge in [0.05, 0.1) is 18.3 Å². The lowest BCUT2D eigenvalue weighted by molar-refractivity contribution is -0.143. The number of pyridine rings is 1. The Bertz CT molecular complexity index is 1010. The van der Waals surface area contributed by atoms with E-state index in [9.17, 15) is 9.59 Å². The van der Waals surface area contributed by atoms with E-state index in [4.69, 9.17) is 9.47 Å². The van der Waals surface area contributed by atoms with Crippen molar-refractivity contribution in [2.24, 2.45) is 0 Å². The predicted molar refractivity (Wildman–Crippen MR) is 107 cm³/mol. The van der Waals surface area contributed by atoms with Gasteiger partial charge in [0, 0.05) is 23.6 Å². The van der Waals surface area contributed by atoms with Crippen LogP contribution in [0.4, 0.5) is 0 Å². The third kappa shape index (κ3) is 5.17. The number of carbonyl (C=O) groups is 2. The minimum atomic E-state index is -0.609. The lowest BCUT2D eigenvalue weighted by atomic mass is 10.2. The Hall–Kier alpha value is -3.67. The van der Waals surface area contributed by atoms with Crippen LogP contribution in [0.3, 0.4) is 0 Å². The number of esters is 1. The first-order chi connectivity index (χ1) is 13.7. The highest BCUT2D eigenvalue weighted by Gasteiger charge is 2.07. The third-order valence-electron chi connectivity index (χ3n) is 4.02. The van der Waals surface area contributed by atoms with E-state index >= 15 is 0 Å². The number of fused-ring (bicyclic) bond motifs is 1. The molecule has 0 unspecified atom stereocenters. The summed E-state index contributed by atoms with van der Waals surface area (Å²) in [6.07, 6.45) is 2.81. The van der Waals surface area contributed by atoms with Crippen molar-refractivity contribution < 1.29 is 19.1 Å². The fourth-order valence-electron chi connectivity index (χ4n) is 2.61. The van der Waals surface area contributed by atoms with Crippen LogP contribution in [0, 0.1) is 0 Å². The molecule has 0 spiro atoms. The van der Waals surface area contributed by atoms with Crippen LogP contribution in [-0.4, -0.2) is 30.6 Å². The fourth-order valence-corrected chi connectivity index (χ4v) is 2.61. The van der Waals surface area contributed by atoms with Crippen LogP contribution in [0.1, 0.15) is 11.3 Å². The van der Waals surface area contributed by atoms with Crippen molar-refractivity contribution in [3.8, 4) is 5.75 Å². The van der Waals surface area contributed by atoms with Crippen LogP contribution in [0.25, 0.3) is 17.0 Å². The third-order valence-corrected chi connectivity index (χ3v) is 4.02. The number of carbonyl (C=O) groups excluding carboxylic acids is 2. The number of amides is 1. The summed E-state index contributed by atoms with van der Waals surface area (Å²) in [6, 6.07) is 18.8. The van der Waals surface area contributed by atoms with Crippen LogP contribution in [-0.2, 0) is 20.9 Å². The standard InChI is InChI=1S/C22H20N2O4/c1-27-20-9-5-3-7-17(20)14-23-21(25)15-28-22(26)13-12-18-11-10-16-6-2-4-8-19(16)24-18/h2-13H,14-15H2,1H3,(H,23,25). The SMILES string of the molecule is COc1ccccc1CNC(=O)COC(=O)C=Cc1ccc2ccccc2n1. The van der Waals surface area contributed by atoms with E-state index in [1.807, 2.05) is 60.7 Å². The first-order valence-electron chi connectivity index (χ1n) is 8.75. The Morgan fingerprint density at radius 2 is 1.82 bits per heavy atom. The molecule has 0 fully saturated rings. The number of methoxy groups -OCH3 is 1. The fraction of sp³-hybridized carbons (Fsp3) is 0.136. The molecule has 0 saturated heterocycles. The molecule has 6 nitrogen and oxygen atoms in total. The number of ether oxygens (including phenoxy) is 2. The molecule has 1 N–H and O–H groups in total. The second kappa shape index (κ2) is 9.32. The number of aromatic nitrogens is 1. The maximum Gasteiger partial charge on any atom is 0.331 e. The molecule has 1 aromatic heterocycles. The summed E-state index contributed by atoms with van der Waals surface area (Å²) < 4.78 is 10.2. The molecule has 28 heavy (non-hydrogen) atoms. The van der Waals surface area contributed by atoms with E-state index in [1.165, 1.54) is 6.08 Å². The van der Waals surface area contributed by atoms with Gasteiger partial charge in [0.25, 0.3) is 5.91 Å². The molecule has 0 aliphatic carbocycles. The molecule has 1 heterocycles. The number of hydrogen-bond acceptors (Lipinski definition) is 5. The zero-order valence-corrected chi connectivity index (χ0v) is 15.4. The molecule has 0 aliphatic rings. The number of benzene rings is 2. The molecule has 1 amide bonds. The van der Waals surface area contributed by atoms with Crippen LogP contribution in [0.15, 0.2) is 66.7 Å². The highest BCUT2D eigenvalue weighted by molar-refractivity contribution is 5.89. The van der Waals surface area contributed by atoms with Gasteiger partial charge in [0.15, 0.2) is 6.61 Å². The van der Waals surface area contributed by atoms with Crippen LogP contribution in [0.5, 0.6) is 5.75 Å². The lowest BCUT2D eigenvalue weighted by Crippen LogP contribution is -2.28. The van der Waals surface area contributed by atoms with E-state index < -0.39 is 11.9 Å². The molecular weight excluding hydrogens is 356 g/mol. The smallest absolute Gasteiger partial charge is 0.331 e. The first-order valence-corrected chi connectivity index (χ1v) is 8.75. The van der Waals surface area contributed by atoms with Gasteiger partial charge in [-0.15, -0.1) is 0 Å². The van der Waals surface area contributed by atoms with Gasteiger partial charge in [-0.1, -0.05) is 42.5 Å². The van der Waals surface area contributed by atoms with Crippen LogP contribution < -0.4 is 10.1 Å². The molecule has 0 atom stereocenters. The van der Waals surface area contributed by atoms with E-state index in [-0.39, 0.29) is 13.2 Å². The predicted octanol–water partition coefficient (Wildman–Crippen LogP) is 3.12. The Kier molecular flexibility index (Phi) is 6.36. The van der Waals surface area contributed by atoms with Gasteiger partial charge < -0.3 is 14.8 Å². The molecule has 2 aromatic carbocycles. The van der Waals surface area contributed by atoms with Gasteiger partial charge in [-0.3, -0.25) is 4.79 Å². The van der Waals surface area contributed by atoms with Crippen molar-refractivity contribution >= 4 is 28.9 Å². The van der Waals surface area contributed by atoms with Gasteiger partial charge in [0.2, 0.25) is 0 Å². The van der Waals surface area contributed by atoms with Gasteiger partial charge in [-0.25, -0.2) is 9.78 Å². The zero-order valence-electron chi connectivity index (χ0n) is 15.4. The topological polar surface area (TPSA) is 77.5 Å². The summed E-state index contributed by atoms with van der Waals surface area (Å²) in [5.74, 6) is -0.315. The summed E-state index contributed by atoms with van der Waals surface area (Å²) in [5.41, 5.74) is 2.32. The molecule has 0 bridgehead atoms. The summed E-state index contributed by atoms with van der Waals surface area (Å²) in [4.78, 5) is 28.1. The Morgan fingerprint density at radius 1 is 1.04 bits per heavy atom. The summed E-state index contributed by atoms with van der Waals surface area (Å²) >= 11 is 0. The maximum atomic E-state index is 11.9. The molecule has 3 rings (SSSR count). The number of rotatable bonds is 7. The number of nitrogens with one attached hydrogen (secondary N) is 1. The lowest BCUT2D eigenvalue weighted by Gasteiger charge is -2.09. The highest BCUT2D eigenvalue weighted by Crippen LogP contribution is 2.16. The molecule has 0 radical (unpaired) electrons. The molecule has 0 saturated carbocycles. The number of para-hydroxylation sites is 2. The second-order valence-corrected chi connectivity index (χ2v) is 5.96. The Balaban J connectivity index is 1.47. The summed E-state index contributed by atoms with van der Waals surface area (Å²) in [5, 5.41) is 3.71. The quantitative estimate of drug-likeness (QED) is 0.506. The van der Waals surface area contributed by atoms with E-state index in [0.29, 0.717) is 11.4 Å². The monoisotopic (exact) mass is 376 g/mol. The Labute approximate surface area is 162 Å². The first kappa shape index (κ1) is 19.1. The van der Waals surface area contributed by atoms with Crippen LogP contribution >= 0.6 is 0 Å². The van der Waals surface area contributed by atoms with E-state index in [0.717, 1.165) is 16.5 Å². The zero-order chi connectivity index (χ0) is 19.8. The molecule has 3 aromatic rings. The largest absolute Gasteiger partial charge is 0.496 e. The van der Waals surface area contributed by atoms with E-state index in [2.05, 4.69) is 10.3 Å². The highest BCUT2D eigenvalue weighted by atomic mass is 16.5. The van der Waals surface area contributed by atoms with Crippen molar-refractivity contribution in [1.29, 1.82) is 0 Å². The number of hydrogen-bond donors (Lipinski definition) is 1. The van der Waals surface area contributed by atoms with E-state index in [1.54, 1.807) is 13.2 Å². The molecule has 0 aliphatic heterocycles. The van der Waals surface area contributed by atoms with Gasteiger partial charge >= 0.3 is 5.97 Å². The van der Waals surface area contributed by atoms with Gasteiger partial charge in [-0.2, -0.15) is 0 Å². The van der Waals surface area contributed by atoms with Crippen LogP contribution in [0.2, 0.25) is 0 Å². The summed E-state index contributed by atoms with van der Waals surface area (Å²) in [6.45, 7) is -0.0687. The van der Waals surface area contributed by atoms with Crippen molar-refractivity contribution in [2.75, 3.05) is 13.7 Å². The molecule has 6 heteroatoms. The average molecular weight is 376 g/mol. The van der Waals surface area contributed by atoms with Crippen molar-refractivity contribution in [3.63, 3.8) is 0 Å². The minimum absolute atomic E-state index is 0.289. The second-order valence-electron chi connectivity index (χ2n) is 5.96. The normalized spacial score (nSPS) is 10.8.